The molecule has 1 aromatic heterocycles. The molecule has 1 heterocycles. The van der Waals surface area contributed by atoms with E-state index < -0.39 is 0 Å². The average Bonchev–Trinajstić information content (AvgIpc) is 2.22. The smallest absolute Gasteiger partial charge is 0.239 e. The molecule has 1 rings (SSSR count). The van der Waals surface area contributed by atoms with Crippen LogP contribution in [0.4, 0.5) is 5.82 Å². The number of amides is 1. The van der Waals surface area contributed by atoms with Gasteiger partial charge in [0, 0.05) is 10.7 Å². The fourth-order valence-electron chi connectivity index (χ4n) is 0.998. The SMILES string of the molecule is CCC(Br)C(=O)Nc1cc(C)c(Br)cn1. The number of nitrogens with one attached hydrogen (secondary N) is 1. The van der Waals surface area contributed by atoms with E-state index in [4.69, 9.17) is 0 Å². The molecule has 1 atom stereocenters. The minimum atomic E-state index is -0.164. The highest BCUT2D eigenvalue weighted by atomic mass is 79.9. The van der Waals surface area contributed by atoms with Crippen LogP contribution >= 0.6 is 31.9 Å². The third kappa shape index (κ3) is 3.57. The van der Waals surface area contributed by atoms with Gasteiger partial charge in [0.2, 0.25) is 5.91 Å². The molecule has 0 saturated carbocycles. The second kappa shape index (κ2) is 5.61. The normalized spacial score (nSPS) is 12.3. The minimum absolute atomic E-state index is 0.0632. The van der Waals surface area contributed by atoms with E-state index in [1.807, 2.05) is 19.9 Å². The number of aryl methyl sites for hydroxylation is 1. The summed E-state index contributed by atoms with van der Waals surface area (Å²) in [5.41, 5.74) is 1.04. The molecule has 0 aliphatic rings. The highest BCUT2D eigenvalue weighted by Gasteiger charge is 2.12. The molecule has 0 aliphatic heterocycles. The lowest BCUT2D eigenvalue weighted by molar-refractivity contribution is -0.115. The maximum Gasteiger partial charge on any atom is 0.239 e. The Morgan fingerprint density at radius 1 is 1.67 bits per heavy atom. The molecule has 0 radical (unpaired) electrons. The first-order valence-corrected chi connectivity index (χ1v) is 6.32. The fourth-order valence-corrected chi connectivity index (χ4v) is 1.33. The van der Waals surface area contributed by atoms with Crippen LogP contribution in [0, 0.1) is 6.92 Å². The van der Waals surface area contributed by atoms with Crippen molar-refractivity contribution in [2.24, 2.45) is 0 Å². The Morgan fingerprint density at radius 2 is 2.33 bits per heavy atom. The first-order valence-electron chi connectivity index (χ1n) is 4.61. The number of halogens is 2. The first-order chi connectivity index (χ1) is 7.04. The molecule has 5 heteroatoms. The zero-order chi connectivity index (χ0) is 11.4. The second-order valence-corrected chi connectivity index (χ2v) is 5.14. The predicted molar refractivity (Wildman–Crippen MR) is 68.3 cm³/mol. The number of carbonyl (C=O) groups is 1. The molecule has 0 spiro atoms. The Balaban J connectivity index is 2.73. The molecule has 0 aliphatic carbocycles. The van der Waals surface area contributed by atoms with Crippen molar-refractivity contribution in [3.63, 3.8) is 0 Å². The van der Waals surface area contributed by atoms with Crippen LogP contribution in [0.5, 0.6) is 0 Å². The zero-order valence-corrected chi connectivity index (χ0v) is 11.7. The van der Waals surface area contributed by atoms with Gasteiger partial charge in [-0.15, -0.1) is 0 Å². The van der Waals surface area contributed by atoms with Gasteiger partial charge < -0.3 is 5.32 Å². The molecule has 82 valence electrons. The van der Waals surface area contributed by atoms with E-state index in [-0.39, 0.29) is 10.7 Å². The monoisotopic (exact) mass is 334 g/mol. The van der Waals surface area contributed by atoms with Gasteiger partial charge in [-0.2, -0.15) is 0 Å². The summed E-state index contributed by atoms with van der Waals surface area (Å²) >= 11 is 6.64. The van der Waals surface area contributed by atoms with E-state index in [0.717, 1.165) is 16.5 Å². The summed E-state index contributed by atoms with van der Waals surface area (Å²) in [6.07, 6.45) is 2.43. The standard InChI is InChI=1S/C10H12Br2N2O/c1-3-7(11)10(15)14-9-4-6(2)8(12)5-13-9/h4-5,7H,3H2,1-2H3,(H,13,14,15). The van der Waals surface area contributed by atoms with E-state index in [1.54, 1.807) is 6.20 Å². The Kier molecular flexibility index (Phi) is 4.73. The molecule has 0 aromatic carbocycles. The van der Waals surface area contributed by atoms with Crippen LogP contribution in [0.15, 0.2) is 16.7 Å². The maximum absolute atomic E-state index is 11.5. The number of alkyl halides is 1. The number of nitrogens with zero attached hydrogens (tertiary/aromatic N) is 1. The number of hydrogen-bond acceptors (Lipinski definition) is 2. The summed E-state index contributed by atoms with van der Waals surface area (Å²) in [4.78, 5) is 15.5. The molecule has 1 N–H and O–H groups in total. The second-order valence-electron chi connectivity index (χ2n) is 3.18. The van der Waals surface area contributed by atoms with Crippen LogP contribution < -0.4 is 5.32 Å². The predicted octanol–water partition coefficient (Wildman–Crippen LogP) is 3.26. The summed E-state index contributed by atoms with van der Waals surface area (Å²) in [5.74, 6) is 0.519. The van der Waals surface area contributed by atoms with Gasteiger partial charge >= 0.3 is 0 Å². The van der Waals surface area contributed by atoms with Crippen molar-refractivity contribution in [2.45, 2.75) is 25.1 Å². The summed E-state index contributed by atoms with van der Waals surface area (Å²) in [6, 6.07) is 1.83. The molecule has 0 saturated heterocycles. The van der Waals surface area contributed by atoms with Gasteiger partial charge in [-0.3, -0.25) is 4.79 Å². The third-order valence-corrected chi connectivity index (χ3v) is 3.83. The minimum Gasteiger partial charge on any atom is -0.310 e. The highest BCUT2D eigenvalue weighted by molar-refractivity contribution is 9.10. The van der Waals surface area contributed by atoms with Gasteiger partial charge in [-0.05, 0) is 40.9 Å². The summed E-state index contributed by atoms with van der Waals surface area (Å²) in [6.45, 7) is 3.89. The van der Waals surface area contributed by atoms with Crippen LogP contribution in [-0.2, 0) is 4.79 Å². The Bertz CT molecular complexity index is 368. The van der Waals surface area contributed by atoms with Gasteiger partial charge in [0.25, 0.3) is 0 Å². The quantitative estimate of drug-likeness (QED) is 0.861. The first kappa shape index (κ1) is 12.6. The van der Waals surface area contributed by atoms with Crippen molar-refractivity contribution in [3.8, 4) is 0 Å². The number of rotatable bonds is 3. The van der Waals surface area contributed by atoms with Crippen LogP contribution in [0.1, 0.15) is 18.9 Å². The number of carbonyl (C=O) groups excluding carboxylic acids is 1. The van der Waals surface area contributed by atoms with Gasteiger partial charge in [-0.1, -0.05) is 22.9 Å². The Hall–Kier alpha value is -0.420. The molecule has 1 unspecified atom stereocenters. The van der Waals surface area contributed by atoms with Crippen LogP contribution in [-0.4, -0.2) is 15.7 Å². The topological polar surface area (TPSA) is 42.0 Å². The Labute approximate surface area is 106 Å². The van der Waals surface area contributed by atoms with E-state index >= 15 is 0 Å². The number of anilines is 1. The highest BCUT2D eigenvalue weighted by Crippen LogP contribution is 2.18. The molecule has 0 fully saturated rings. The molecule has 1 aromatic rings. The maximum atomic E-state index is 11.5. The van der Waals surface area contributed by atoms with Crippen LogP contribution in [0.25, 0.3) is 0 Å². The Morgan fingerprint density at radius 3 is 2.87 bits per heavy atom. The van der Waals surface area contributed by atoms with Gasteiger partial charge in [-0.25, -0.2) is 4.98 Å². The summed E-state index contributed by atoms with van der Waals surface area (Å²) in [5, 5.41) is 2.74. The molecule has 15 heavy (non-hydrogen) atoms. The molecular formula is C10H12Br2N2O. The van der Waals surface area contributed by atoms with Gasteiger partial charge in [0.05, 0.1) is 4.83 Å². The number of aromatic nitrogens is 1. The summed E-state index contributed by atoms with van der Waals surface area (Å²) < 4.78 is 0.936. The van der Waals surface area contributed by atoms with Gasteiger partial charge in [0.15, 0.2) is 0 Å². The lowest BCUT2D eigenvalue weighted by Crippen LogP contribution is -2.22. The largest absolute Gasteiger partial charge is 0.310 e. The van der Waals surface area contributed by atoms with Crippen LogP contribution in [0.3, 0.4) is 0 Å². The van der Waals surface area contributed by atoms with Crippen molar-refractivity contribution >= 4 is 43.6 Å². The molecule has 0 bridgehead atoms. The zero-order valence-electron chi connectivity index (χ0n) is 8.55. The van der Waals surface area contributed by atoms with E-state index in [9.17, 15) is 4.79 Å². The lowest BCUT2D eigenvalue weighted by Gasteiger charge is -2.08. The molecule has 1 amide bonds. The summed E-state index contributed by atoms with van der Waals surface area (Å²) in [7, 11) is 0. The van der Waals surface area contributed by atoms with E-state index in [0.29, 0.717) is 5.82 Å². The van der Waals surface area contributed by atoms with E-state index in [1.165, 1.54) is 0 Å². The van der Waals surface area contributed by atoms with Crippen molar-refractivity contribution in [1.29, 1.82) is 0 Å². The van der Waals surface area contributed by atoms with Crippen molar-refractivity contribution in [3.05, 3.63) is 22.3 Å². The van der Waals surface area contributed by atoms with Crippen molar-refractivity contribution in [1.82, 2.24) is 4.98 Å². The van der Waals surface area contributed by atoms with Gasteiger partial charge in [0.1, 0.15) is 5.82 Å². The molecule has 3 nitrogen and oxygen atoms in total. The third-order valence-electron chi connectivity index (χ3n) is 1.94. The lowest BCUT2D eigenvalue weighted by atomic mass is 10.3. The number of pyridine rings is 1. The number of hydrogen-bond donors (Lipinski definition) is 1. The van der Waals surface area contributed by atoms with Crippen molar-refractivity contribution < 1.29 is 4.79 Å². The van der Waals surface area contributed by atoms with E-state index in [2.05, 4.69) is 42.2 Å². The van der Waals surface area contributed by atoms with Crippen LogP contribution in [0.2, 0.25) is 0 Å². The molecular weight excluding hydrogens is 324 g/mol. The fraction of sp³-hybridized carbons (Fsp3) is 0.400. The van der Waals surface area contributed by atoms with Crippen molar-refractivity contribution in [2.75, 3.05) is 5.32 Å². The average molecular weight is 336 g/mol.